The van der Waals surface area contributed by atoms with Crippen LogP contribution in [0.25, 0.3) is 0 Å². The van der Waals surface area contributed by atoms with E-state index in [4.69, 9.17) is 4.74 Å². The summed E-state index contributed by atoms with van der Waals surface area (Å²) in [6.07, 6.45) is 7.97. The molecular weight excluding hydrogens is 462 g/mol. The van der Waals surface area contributed by atoms with Crippen molar-refractivity contribution in [1.29, 1.82) is 0 Å². The SMILES string of the molecule is Cc1cc(O)cc(C)c1CC(NC(=O)OC(C)(C)C)C(=O)N[C@H](C)C(=O)NC=CCc1cncnc1. The van der Waals surface area contributed by atoms with E-state index in [9.17, 15) is 19.5 Å². The van der Waals surface area contributed by atoms with E-state index in [1.54, 1.807) is 58.3 Å². The number of benzene rings is 1. The van der Waals surface area contributed by atoms with Crippen molar-refractivity contribution in [1.82, 2.24) is 25.9 Å². The Hall–Kier alpha value is -3.95. The van der Waals surface area contributed by atoms with E-state index in [1.807, 2.05) is 13.8 Å². The van der Waals surface area contributed by atoms with Crippen LogP contribution in [0, 0.1) is 13.8 Å². The third-order valence-electron chi connectivity index (χ3n) is 5.16. The highest BCUT2D eigenvalue weighted by Gasteiger charge is 2.28. The second-order valence-corrected chi connectivity index (χ2v) is 9.55. The molecule has 36 heavy (non-hydrogen) atoms. The van der Waals surface area contributed by atoms with Gasteiger partial charge in [-0.15, -0.1) is 0 Å². The smallest absolute Gasteiger partial charge is 0.408 e. The number of nitrogens with zero attached hydrogens (tertiary/aromatic N) is 2. The Kier molecular flexibility index (Phi) is 9.95. The van der Waals surface area contributed by atoms with Crippen molar-refractivity contribution in [3.63, 3.8) is 0 Å². The fourth-order valence-electron chi connectivity index (χ4n) is 3.43. The van der Waals surface area contributed by atoms with Crippen molar-refractivity contribution in [2.75, 3.05) is 0 Å². The number of carbonyl (C=O) groups is 3. The van der Waals surface area contributed by atoms with Crippen molar-refractivity contribution in [3.8, 4) is 5.75 Å². The summed E-state index contributed by atoms with van der Waals surface area (Å²) in [5.41, 5.74) is 2.49. The van der Waals surface area contributed by atoms with Crippen LogP contribution < -0.4 is 16.0 Å². The van der Waals surface area contributed by atoms with Crippen LogP contribution in [0.2, 0.25) is 0 Å². The second-order valence-electron chi connectivity index (χ2n) is 9.55. The van der Waals surface area contributed by atoms with Gasteiger partial charge in [0.15, 0.2) is 0 Å². The topological polar surface area (TPSA) is 143 Å². The second kappa shape index (κ2) is 12.7. The van der Waals surface area contributed by atoms with Gasteiger partial charge in [0.2, 0.25) is 11.8 Å². The molecule has 10 heteroatoms. The maximum Gasteiger partial charge on any atom is 0.408 e. The number of alkyl carbamates (subject to hydrolysis) is 1. The molecule has 1 aromatic heterocycles. The minimum absolute atomic E-state index is 0.119. The lowest BCUT2D eigenvalue weighted by molar-refractivity contribution is -0.129. The number of aromatic hydroxyl groups is 1. The summed E-state index contributed by atoms with van der Waals surface area (Å²) in [6, 6.07) is 1.31. The number of carbonyl (C=O) groups excluding carboxylic acids is 3. The molecule has 0 saturated heterocycles. The Labute approximate surface area is 211 Å². The Morgan fingerprint density at radius 2 is 1.67 bits per heavy atom. The maximum atomic E-state index is 13.1. The molecule has 4 N–H and O–H groups in total. The number of ether oxygens (including phenoxy) is 1. The third kappa shape index (κ3) is 9.36. The maximum absolute atomic E-state index is 13.1. The van der Waals surface area contributed by atoms with Crippen LogP contribution in [-0.2, 0) is 27.2 Å². The summed E-state index contributed by atoms with van der Waals surface area (Å²) in [5, 5.41) is 17.7. The Balaban J connectivity index is 2.07. The highest BCUT2D eigenvalue weighted by Crippen LogP contribution is 2.22. The molecule has 194 valence electrons. The largest absolute Gasteiger partial charge is 0.508 e. The average molecular weight is 498 g/mol. The van der Waals surface area contributed by atoms with Gasteiger partial charge in [-0.3, -0.25) is 9.59 Å². The predicted octanol–water partition coefficient (Wildman–Crippen LogP) is 2.61. The van der Waals surface area contributed by atoms with Gasteiger partial charge in [0.25, 0.3) is 0 Å². The summed E-state index contributed by atoms with van der Waals surface area (Å²) in [7, 11) is 0. The van der Waals surface area contributed by atoms with Crippen LogP contribution >= 0.6 is 0 Å². The number of phenolic OH excluding ortho intramolecular Hbond substituents is 1. The molecular formula is C26H35N5O5. The molecule has 0 radical (unpaired) electrons. The molecule has 1 unspecified atom stereocenters. The van der Waals surface area contributed by atoms with E-state index in [1.165, 1.54) is 12.5 Å². The van der Waals surface area contributed by atoms with Crippen LogP contribution in [-0.4, -0.2) is 50.7 Å². The van der Waals surface area contributed by atoms with E-state index < -0.39 is 35.6 Å². The molecule has 10 nitrogen and oxygen atoms in total. The lowest BCUT2D eigenvalue weighted by Crippen LogP contribution is -2.53. The number of hydrogen-bond donors (Lipinski definition) is 4. The molecule has 0 aliphatic carbocycles. The van der Waals surface area contributed by atoms with Gasteiger partial charge in [-0.25, -0.2) is 14.8 Å². The van der Waals surface area contributed by atoms with Crippen molar-refractivity contribution >= 4 is 17.9 Å². The molecule has 3 amide bonds. The van der Waals surface area contributed by atoms with Crippen LogP contribution in [0.1, 0.15) is 49.9 Å². The number of amides is 3. The van der Waals surface area contributed by atoms with Crippen molar-refractivity contribution in [2.45, 2.75) is 72.1 Å². The molecule has 0 fully saturated rings. The monoisotopic (exact) mass is 497 g/mol. The Morgan fingerprint density at radius 1 is 1.06 bits per heavy atom. The first kappa shape index (κ1) is 28.3. The highest BCUT2D eigenvalue weighted by molar-refractivity contribution is 5.91. The number of rotatable bonds is 9. The lowest BCUT2D eigenvalue weighted by atomic mass is 9.95. The van der Waals surface area contributed by atoms with Gasteiger partial charge in [0.1, 0.15) is 29.8 Å². The first-order valence-corrected chi connectivity index (χ1v) is 11.6. The molecule has 1 aromatic carbocycles. The molecule has 2 rings (SSSR count). The molecule has 0 saturated carbocycles. The Morgan fingerprint density at radius 3 is 2.25 bits per heavy atom. The van der Waals surface area contributed by atoms with E-state index >= 15 is 0 Å². The molecule has 0 spiro atoms. The summed E-state index contributed by atoms with van der Waals surface area (Å²) in [5.74, 6) is -0.842. The van der Waals surface area contributed by atoms with E-state index in [0.29, 0.717) is 6.42 Å². The molecule has 2 aromatic rings. The third-order valence-corrected chi connectivity index (χ3v) is 5.16. The zero-order chi connectivity index (χ0) is 26.9. The minimum atomic E-state index is -1.01. The molecule has 0 bridgehead atoms. The van der Waals surface area contributed by atoms with Crippen LogP contribution in [0.4, 0.5) is 4.79 Å². The average Bonchev–Trinajstić information content (AvgIpc) is 2.77. The highest BCUT2D eigenvalue weighted by atomic mass is 16.6. The van der Waals surface area contributed by atoms with Gasteiger partial charge in [-0.2, -0.15) is 0 Å². The van der Waals surface area contributed by atoms with E-state index in [2.05, 4.69) is 25.9 Å². The van der Waals surface area contributed by atoms with Crippen molar-refractivity contribution in [3.05, 3.63) is 65.4 Å². The molecule has 1 heterocycles. The number of phenols is 1. The number of hydrogen-bond acceptors (Lipinski definition) is 7. The van der Waals surface area contributed by atoms with Gasteiger partial charge in [0.05, 0.1) is 0 Å². The summed E-state index contributed by atoms with van der Waals surface area (Å²) < 4.78 is 5.32. The number of allylic oxidation sites excluding steroid dienone is 1. The summed E-state index contributed by atoms with van der Waals surface area (Å²) in [4.78, 5) is 45.9. The number of aromatic nitrogens is 2. The summed E-state index contributed by atoms with van der Waals surface area (Å²) in [6.45, 7) is 10.3. The molecule has 0 aliphatic heterocycles. The first-order chi connectivity index (χ1) is 16.9. The van der Waals surface area contributed by atoms with Crippen molar-refractivity contribution in [2.24, 2.45) is 0 Å². The van der Waals surface area contributed by atoms with Crippen LogP contribution in [0.15, 0.2) is 43.1 Å². The van der Waals surface area contributed by atoms with Gasteiger partial charge in [-0.05, 0) is 82.3 Å². The number of aryl methyl sites for hydroxylation is 2. The molecule has 2 atom stereocenters. The zero-order valence-electron chi connectivity index (χ0n) is 21.6. The van der Waals surface area contributed by atoms with Gasteiger partial charge >= 0.3 is 6.09 Å². The van der Waals surface area contributed by atoms with Crippen LogP contribution in [0.5, 0.6) is 5.75 Å². The van der Waals surface area contributed by atoms with Crippen LogP contribution in [0.3, 0.4) is 0 Å². The first-order valence-electron chi connectivity index (χ1n) is 11.6. The van der Waals surface area contributed by atoms with Gasteiger partial charge < -0.3 is 25.8 Å². The Bertz CT molecular complexity index is 1070. The fourth-order valence-corrected chi connectivity index (χ4v) is 3.43. The summed E-state index contributed by atoms with van der Waals surface area (Å²) >= 11 is 0. The van der Waals surface area contributed by atoms with Gasteiger partial charge in [-0.1, -0.05) is 6.08 Å². The van der Waals surface area contributed by atoms with Crippen molar-refractivity contribution < 1.29 is 24.2 Å². The minimum Gasteiger partial charge on any atom is -0.508 e. The lowest BCUT2D eigenvalue weighted by Gasteiger charge is -2.25. The van der Waals surface area contributed by atoms with E-state index in [-0.39, 0.29) is 12.2 Å². The number of nitrogens with one attached hydrogen (secondary N) is 3. The van der Waals surface area contributed by atoms with Gasteiger partial charge in [0, 0.05) is 25.0 Å². The fraction of sp³-hybridized carbons (Fsp3) is 0.423. The normalized spacial score (nSPS) is 13.1. The standard InChI is InChI=1S/C26H35N5O5/c1-16-10-20(32)11-17(2)21(16)12-22(31-25(35)36-26(4,5)6)24(34)30-18(3)23(33)29-9-7-8-19-13-27-15-28-14-19/h7,9-11,13-15,18,22,32H,8,12H2,1-6H3,(H,29,33)(H,30,34)(H,31,35)/t18-,22?/m1/s1. The predicted molar refractivity (Wildman–Crippen MR) is 135 cm³/mol. The van der Waals surface area contributed by atoms with E-state index in [0.717, 1.165) is 22.3 Å². The zero-order valence-corrected chi connectivity index (χ0v) is 21.6. The molecule has 0 aliphatic rings. The quantitative estimate of drug-likeness (QED) is 0.417.